The highest BCUT2D eigenvalue weighted by Gasteiger charge is 2.25. The average Bonchev–Trinajstić information content (AvgIpc) is 3.08. The second-order valence-corrected chi connectivity index (χ2v) is 6.74. The highest BCUT2D eigenvalue weighted by Crippen LogP contribution is 2.40. The largest absolute Gasteiger partial charge is 0.504 e. The molecule has 0 saturated carbocycles. The molecule has 0 aromatic heterocycles. The maximum absolute atomic E-state index is 12.7. The van der Waals surface area contributed by atoms with Crippen LogP contribution in [0.5, 0.6) is 23.0 Å². The first-order valence-corrected chi connectivity index (χ1v) is 9.31. The normalized spacial score (nSPS) is 13.7. The molecule has 30 heavy (non-hydrogen) atoms. The number of carbonyl (C=O) groups is 1. The van der Waals surface area contributed by atoms with Crippen LogP contribution in [0.25, 0.3) is 22.8 Å². The molecule has 4 rings (SSSR count). The number of ether oxygens (including phenoxy) is 3. The molecule has 0 unspecified atom stereocenters. The Hall–Kier alpha value is -3.93. The first kappa shape index (κ1) is 19.4. The molecule has 1 aliphatic rings. The van der Waals surface area contributed by atoms with E-state index >= 15 is 0 Å². The van der Waals surface area contributed by atoms with Crippen LogP contribution in [0.1, 0.15) is 11.1 Å². The van der Waals surface area contributed by atoms with E-state index in [1.807, 2.05) is 30.3 Å². The van der Waals surface area contributed by atoms with Gasteiger partial charge in [0, 0.05) is 22.4 Å². The molecule has 3 aromatic carbocycles. The Labute approximate surface area is 174 Å². The van der Waals surface area contributed by atoms with Gasteiger partial charge in [0.15, 0.2) is 23.0 Å². The predicted octanol–water partition coefficient (Wildman–Crippen LogP) is 4.58. The number of carbonyl (C=O) groups excluding carboxylic acids is 1. The Morgan fingerprint density at radius 2 is 1.60 bits per heavy atom. The fraction of sp³-hybridized carbons (Fsp3) is 0.125. The highest BCUT2D eigenvalue weighted by molar-refractivity contribution is 6.35. The zero-order valence-corrected chi connectivity index (χ0v) is 16.9. The number of anilines is 1. The van der Waals surface area contributed by atoms with E-state index in [1.165, 1.54) is 7.11 Å². The summed E-state index contributed by atoms with van der Waals surface area (Å²) < 4.78 is 16.1. The van der Waals surface area contributed by atoms with Crippen molar-refractivity contribution >= 4 is 23.2 Å². The molecule has 1 amide bonds. The van der Waals surface area contributed by atoms with Crippen LogP contribution in [-0.4, -0.2) is 32.3 Å². The summed E-state index contributed by atoms with van der Waals surface area (Å²) in [5.41, 5.74) is 4.56. The van der Waals surface area contributed by atoms with Crippen molar-refractivity contribution in [3.05, 3.63) is 65.7 Å². The van der Waals surface area contributed by atoms with E-state index in [0.717, 1.165) is 27.9 Å². The van der Waals surface area contributed by atoms with Gasteiger partial charge in [-0.1, -0.05) is 24.3 Å². The summed E-state index contributed by atoms with van der Waals surface area (Å²) in [4.78, 5) is 12.7. The van der Waals surface area contributed by atoms with Gasteiger partial charge in [0.05, 0.1) is 21.3 Å². The van der Waals surface area contributed by atoms with Gasteiger partial charge in [-0.15, -0.1) is 0 Å². The number of fused-ring (bicyclic) bond motifs is 1. The van der Waals surface area contributed by atoms with E-state index in [-0.39, 0.29) is 11.7 Å². The van der Waals surface area contributed by atoms with E-state index in [2.05, 4.69) is 5.32 Å². The third-order valence-electron chi connectivity index (χ3n) is 5.05. The van der Waals surface area contributed by atoms with Crippen molar-refractivity contribution in [1.29, 1.82) is 0 Å². The van der Waals surface area contributed by atoms with Gasteiger partial charge in [-0.05, 0) is 47.5 Å². The zero-order chi connectivity index (χ0) is 21.3. The minimum Gasteiger partial charge on any atom is -0.504 e. The fourth-order valence-corrected chi connectivity index (χ4v) is 3.55. The maximum Gasteiger partial charge on any atom is 0.256 e. The molecular formula is C24H21NO5. The van der Waals surface area contributed by atoms with Crippen LogP contribution in [0, 0.1) is 0 Å². The number of rotatable bonds is 5. The molecule has 1 aliphatic heterocycles. The van der Waals surface area contributed by atoms with Gasteiger partial charge in [-0.25, -0.2) is 0 Å². The summed E-state index contributed by atoms with van der Waals surface area (Å²) in [5, 5.41) is 12.8. The molecule has 0 aliphatic carbocycles. The van der Waals surface area contributed by atoms with Gasteiger partial charge in [-0.2, -0.15) is 0 Å². The van der Waals surface area contributed by atoms with Crippen molar-refractivity contribution < 1.29 is 24.1 Å². The first-order valence-electron chi connectivity index (χ1n) is 9.31. The molecule has 6 heteroatoms. The number of hydrogen-bond acceptors (Lipinski definition) is 5. The standard InChI is InChI=1S/C24H21NO5/c1-28-21-6-4-5-16(23(21)30-3)12-18-17-11-14(7-9-19(17)25-24(18)27)15-8-10-20(26)22(13-15)29-2/h4-13,26H,1-3H3,(H,25,27). The van der Waals surface area contributed by atoms with E-state index in [0.29, 0.717) is 22.8 Å². The Morgan fingerprint density at radius 3 is 2.33 bits per heavy atom. The second-order valence-electron chi connectivity index (χ2n) is 6.74. The SMILES string of the molecule is COc1cc(-c2ccc3c(c2)C(=Cc2cccc(OC)c2OC)C(=O)N3)ccc1O. The summed E-state index contributed by atoms with van der Waals surface area (Å²) in [7, 11) is 4.65. The number of phenolic OH excluding ortho intramolecular Hbond substituents is 1. The van der Waals surface area contributed by atoms with Gasteiger partial charge in [0.25, 0.3) is 5.91 Å². The van der Waals surface area contributed by atoms with Crippen molar-refractivity contribution in [2.75, 3.05) is 26.6 Å². The van der Waals surface area contributed by atoms with Crippen molar-refractivity contribution in [2.45, 2.75) is 0 Å². The van der Waals surface area contributed by atoms with Crippen molar-refractivity contribution in [3.63, 3.8) is 0 Å². The van der Waals surface area contributed by atoms with Crippen LogP contribution >= 0.6 is 0 Å². The lowest BCUT2D eigenvalue weighted by Crippen LogP contribution is -2.03. The van der Waals surface area contributed by atoms with Crippen LogP contribution in [-0.2, 0) is 4.79 Å². The Bertz CT molecular complexity index is 1170. The fourth-order valence-electron chi connectivity index (χ4n) is 3.55. The summed E-state index contributed by atoms with van der Waals surface area (Å²) >= 11 is 0. The minimum atomic E-state index is -0.185. The van der Waals surface area contributed by atoms with Gasteiger partial charge in [-0.3, -0.25) is 4.79 Å². The second kappa shape index (κ2) is 7.83. The van der Waals surface area contributed by atoms with Gasteiger partial charge < -0.3 is 24.6 Å². The van der Waals surface area contributed by atoms with E-state index in [1.54, 1.807) is 44.6 Å². The van der Waals surface area contributed by atoms with E-state index < -0.39 is 0 Å². The lowest BCUT2D eigenvalue weighted by Gasteiger charge is -2.11. The third kappa shape index (κ3) is 3.33. The third-order valence-corrected chi connectivity index (χ3v) is 5.05. The molecule has 0 fully saturated rings. The smallest absolute Gasteiger partial charge is 0.256 e. The number of hydrogen-bond donors (Lipinski definition) is 2. The first-order chi connectivity index (χ1) is 14.5. The molecule has 0 spiro atoms. The van der Waals surface area contributed by atoms with Crippen molar-refractivity contribution in [3.8, 4) is 34.1 Å². The van der Waals surface area contributed by atoms with Crippen molar-refractivity contribution in [2.24, 2.45) is 0 Å². The van der Waals surface area contributed by atoms with Crippen LogP contribution < -0.4 is 19.5 Å². The van der Waals surface area contributed by atoms with Crippen LogP contribution in [0.4, 0.5) is 5.69 Å². The van der Waals surface area contributed by atoms with Crippen LogP contribution in [0.15, 0.2) is 54.6 Å². The highest BCUT2D eigenvalue weighted by atomic mass is 16.5. The van der Waals surface area contributed by atoms with Crippen LogP contribution in [0.2, 0.25) is 0 Å². The molecule has 2 N–H and O–H groups in total. The predicted molar refractivity (Wildman–Crippen MR) is 116 cm³/mol. The zero-order valence-electron chi connectivity index (χ0n) is 16.9. The lowest BCUT2D eigenvalue weighted by atomic mass is 9.97. The number of benzene rings is 3. The topological polar surface area (TPSA) is 77.0 Å². The molecule has 152 valence electrons. The van der Waals surface area contributed by atoms with Crippen molar-refractivity contribution in [1.82, 2.24) is 0 Å². The van der Waals surface area contributed by atoms with E-state index in [4.69, 9.17) is 14.2 Å². The Morgan fingerprint density at radius 1 is 0.867 bits per heavy atom. The summed E-state index contributed by atoms with van der Waals surface area (Å²) in [6.45, 7) is 0. The molecule has 0 saturated heterocycles. The molecule has 3 aromatic rings. The average molecular weight is 403 g/mol. The number of para-hydroxylation sites is 1. The lowest BCUT2D eigenvalue weighted by molar-refractivity contribution is -0.110. The monoisotopic (exact) mass is 403 g/mol. The van der Waals surface area contributed by atoms with Gasteiger partial charge >= 0.3 is 0 Å². The summed E-state index contributed by atoms with van der Waals surface area (Å²) in [5.74, 6) is 1.43. The number of nitrogens with one attached hydrogen (secondary N) is 1. The Balaban J connectivity index is 1.81. The Kier molecular flexibility index (Phi) is 5.06. The molecule has 1 heterocycles. The number of phenols is 1. The summed E-state index contributed by atoms with van der Waals surface area (Å²) in [6.07, 6.45) is 1.80. The molecule has 0 bridgehead atoms. The summed E-state index contributed by atoms with van der Waals surface area (Å²) in [6, 6.07) is 16.4. The molecule has 0 radical (unpaired) electrons. The minimum absolute atomic E-state index is 0.0740. The van der Waals surface area contributed by atoms with Gasteiger partial charge in [0.1, 0.15) is 0 Å². The number of methoxy groups -OCH3 is 3. The quantitative estimate of drug-likeness (QED) is 0.610. The van der Waals surface area contributed by atoms with Gasteiger partial charge in [0.2, 0.25) is 0 Å². The molecule has 6 nitrogen and oxygen atoms in total. The molecular weight excluding hydrogens is 382 g/mol. The number of amides is 1. The number of aromatic hydroxyl groups is 1. The maximum atomic E-state index is 12.7. The van der Waals surface area contributed by atoms with Crippen LogP contribution in [0.3, 0.4) is 0 Å². The molecule has 0 atom stereocenters. The van der Waals surface area contributed by atoms with E-state index in [9.17, 15) is 9.90 Å².